The second-order valence-corrected chi connectivity index (χ2v) is 6.44. The van der Waals surface area contributed by atoms with E-state index >= 15 is 0 Å². The Hall–Kier alpha value is -2.89. The molecule has 0 bridgehead atoms. The fourth-order valence-electron chi connectivity index (χ4n) is 2.60. The van der Waals surface area contributed by atoms with Gasteiger partial charge in [0.25, 0.3) is 5.91 Å². The highest BCUT2D eigenvalue weighted by molar-refractivity contribution is 5.92. The van der Waals surface area contributed by atoms with Crippen LogP contribution in [0.1, 0.15) is 29.9 Å². The van der Waals surface area contributed by atoms with E-state index < -0.39 is 0 Å². The highest BCUT2D eigenvalue weighted by Gasteiger charge is 2.08. The topological polar surface area (TPSA) is 82.7 Å². The number of aromatic nitrogens is 3. The minimum absolute atomic E-state index is 0.188. The predicted molar refractivity (Wildman–Crippen MR) is 99.7 cm³/mol. The maximum absolute atomic E-state index is 11.9. The summed E-state index contributed by atoms with van der Waals surface area (Å²) < 4.78 is 0. The van der Waals surface area contributed by atoms with Gasteiger partial charge in [0.05, 0.1) is 0 Å². The van der Waals surface area contributed by atoms with Crippen LogP contribution in [-0.4, -0.2) is 34.2 Å². The Bertz CT molecular complexity index is 838. The maximum atomic E-state index is 11.9. The molecule has 0 saturated carbocycles. The first-order valence-electron chi connectivity index (χ1n) is 8.54. The first-order valence-corrected chi connectivity index (χ1v) is 8.54. The number of anilines is 1. The zero-order valence-corrected chi connectivity index (χ0v) is 14.5. The van der Waals surface area contributed by atoms with Gasteiger partial charge in [-0.1, -0.05) is 32.0 Å². The number of hydrogen-bond donors (Lipinski definition) is 3. The van der Waals surface area contributed by atoms with Crippen LogP contribution in [0.5, 0.6) is 0 Å². The summed E-state index contributed by atoms with van der Waals surface area (Å²) in [6, 6.07) is 11.7. The second kappa shape index (κ2) is 7.79. The molecule has 3 aromatic rings. The van der Waals surface area contributed by atoms with Crippen LogP contribution in [0.25, 0.3) is 10.9 Å². The smallest absolute Gasteiger partial charge is 0.271 e. The lowest BCUT2D eigenvalue weighted by atomic mass is 10.1. The van der Waals surface area contributed by atoms with Crippen molar-refractivity contribution in [2.24, 2.45) is 5.92 Å². The summed E-state index contributed by atoms with van der Waals surface area (Å²) in [6.07, 6.45) is 2.92. The minimum Gasteiger partial charge on any atom is -0.368 e. The molecule has 0 aliphatic heterocycles. The maximum Gasteiger partial charge on any atom is 0.271 e. The Morgan fingerprint density at radius 1 is 1.16 bits per heavy atom. The molecule has 6 heteroatoms. The molecule has 25 heavy (non-hydrogen) atoms. The number of fused-ring (bicyclic) bond motifs is 1. The molecule has 2 aromatic heterocycles. The molecular formula is C19H23N5O. The molecule has 130 valence electrons. The van der Waals surface area contributed by atoms with Gasteiger partial charge in [0.2, 0.25) is 0 Å². The SMILES string of the molecule is CC(C)CNC(=O)c1ccc(NCCc2c[nH]c3ccccc23)nn1. The number of benzene rings is 1. The van der Waals surface area contributed by atoms with Gasteiger partial charge in [-0.15, -0.1) is 10.2 Å². The highest BCUT2D eigenvalue weighted by atomic mass is 16.1. The molecule has 0 atom stereocenters. The van der Waals surface area contributed by atoms with Crippen molar-refractivity contribution in [1.82, 2.24) is 20.5 Å². The van der Waals surface area contributed by atoms with E-state index in [4.69, 9.17) is 0 Å². The van der Waals surface area contributed by atoms with E-state index in [1.165, 1.54) is 10.9 Å². The summed E-state index contributed by atoms with van der Waals surface area (Å²) in [5.74, 6) is 0.883. The van der Waals surface area contributed by atoms with Gasteiger partial charge in [-0.05, 0) is 36.1 Å². The third-order valence-corrected chi connectivity index (χ3v) is 3.94. The summed E-state index contributed by atoms with van der Waals surface area (Å²) in [5.41, 5.74) is 2.75. The van der Waals surface area contributed by atoms with Crippen molar-refractivity contribution in [2.75, 3.05) is 18.4 Å². The van der Waals surface area contributed by atoms with Crippen LogP contribution in [0.15, 0.2) is 42.6 Å². The molecule has 0 saturated heterocycles. The Kier molecular flexibility index (Phi) is 5.28. The highest BCUT2D eigenvalue weighted by Crippen LogP contribution is 2.18. The summed E-state index contributed by atoms with van der Waals surface area (Å²) in [7, 11) is 0. The fourth-order valence-corrected chi connectivity index (χ4v) is 2.60. The van der Waals surface area contributed by atoms with Crippen molar-refractivity contribution in [3.8, 4) is 0 Å². The van der Waals surface area contributed by atoms with E-state index in [0.29, 0.717) is 24.0 Å². The number of carbonyl (C=O) groups is 1. The van der Waals surface area contributed by atoms with Crippen LogP contribution in [-0.2, 0) is 6.42 Å². The zero-order chi connectivity index (χ0) is 17.6. The Morgan fingerprint density at radius 2 is 2.00 bits per heavy atom. The summed E-state index contributed by atoms with van der Waals surface area (Å²) in [5, 5.41) is 15.4. The first kappa shape index (κ1) is 17.0. The fraction of sp³-hybridized carbons (Fsp3) is 0.316. The second-order valence-electron chi connectivity index (χ2n) is 6.44. The zero-order valence-electron chi connectivity index (χ0n) is 14.5. The molecule has 0 spiro atoms. The van der Waals surface area contributed by atoms with E-state index in [-0.39, 0.29) is 5.91 Å². The third-order valence-electron chi connectivity index (χ3n) is 3.94. The average Bonchev–Trinajstić information content (AvgIpc) is 3.03. The molecule has 0 unspecified atom stereocenters. The van der Waals surface area contributed by atoms with Crippen LogP contribution in [0, 0.1) is 5.92 Å². The van der Waals surface area contributed by atoms with Crippen molar-refractivity contribution in [2.45, 2.75) is 20.3 Å². The van der Waals surface area contributed by atoms with Gasteiger partial charge in [-0.25, -0.2) is 0 Å². The number of H-pyrrole nitrogens is 1. The average molecular weight is 337 g/mol. The Labute approximate surface area is 147 Å². The van der Waals surface area contributed by atoms with Crippen molar-refractivity contribution in [3.05, 3.63) is 53.9 Å². The van der Waals surface area contributed by atoms with Crippen molar-refractivity contribution in [3.63, 3.8) is 0 Å². The van der Waals surface area contributed by atoms with Crippen LogP contribution in [0.2, 0.25) is 0 Å². The lowest BCUT2D eigenvalue weighted by Gasteiger charge is -2.08. The number of hydrogen-bond acceptors (Lipinski definition) is 4. The van der Waals surface area contributed by atoms with Gasteiger partial charge in [0.15, 0.2) is 5.69 Å². The number of amides is 1. The van der Waals surface area contributed by atoms with Crippen molar-refractivity contribution in [1.29, 1.82) is 0 Å². The van der Waals surface area contributed by atoms with Crippen LogP contribution in [0.4, 0.5) is 5.82 Å². The molecule has 0 radical (unpaired) electrons. The van der Waals surface area contributed by atoms with E-state index in [2.05, 4.69) is 37.9 Å². The lowest BCUT2D eigenvalue weighted by Crippen LogP contribution is -2.28. The molecule has 1 aromatic carbocycles. The molecule has 3 N–H and O–H groups in total. The van der Waals surface area contributed by atoms with E-state index in [9.17, 15) is 4.79 Å². The standard InChI is InChI=1S/C19H23N5O/c1-13(2)11-22-19(25)17-7-8-18(24-23-17)20-10-9-14-12-21-16-6-4-3-5-15(14)16/h3-8,12-13,21H,9-11H2,1-2H3,(H,20,24)(H,22,25). The van der Waals surface area contributed by atoms with E-state index in [1.54, 1.807) is 12.1 Å². The van der Waals surface area contributed by atoms with Crippen molar-refractivity contribution >= 4 is 22.6 Å². The van der Waals surface area contributed by atoms with Crippen LogP contribution >= 0.6 is 0 Å². The van der Waals surface area contributed by atoms with Crippen LogP contribution in [0.3, 0.4) is 0 Å². The Morgan fingerprint density at radius 3 is 2.76 bits per heavy atom. The van der Waals surface area contributed by atoms with Gasteiger partial charge >= 0.3 is 0 Å². The molecule has 3 rings (SSSR count). The molecule has 0 aliphatic rings. The number of nitrogens with zero attached hydrogens (tertiary/aromatic N) is 2. The summed E-state index contributed by atoms with van der Waals surface area (Å²) in [4.78, 5) is 15.2. The minimum atomic E-state index is -0.188. The molecule has 6 nitrogen and oxygen atoms in total. The van der Waals surface area contributed by atoms with E-state index in [0.717, 1.165) is 18.5 Å². The third kappa shape index (κ3) is 4.35. The van der Waals surface area contributed by atoms with Crippen molar-refractivity contribution < 1.29 is 4.79 Å². The number of aromatic amines is 1. The predicted octanol–water partition coefficient (Wildman–Crippen LogP) is 3.00. The number of para-hydroxylation sites is 1. The molecule has 2 heterocycles. The quantitative estimate of drug-likeness (QED) is 0.619. The van der Waals surface area contributed by atoms with Gasteiger partial charge in [-0.3, -0.25) is 4.79 Å². The lowest BCUT2D eigenvalue weighted by molar-refractivity contribution is 0.0943. The van der Waals surface area contributed by atoms with Crippen LogP contribution < -0.4 is 10.6 Å². The summed E-state index contributed by atoms with van der Waals surface area (Å²) in [6.45, 7) is 5.47. The summed E-state index contributed by atoms with van der Waals surface area (Å²) >= 11 is 0. The largest absolute Gasteiger partial charge is 0.368 e. The molecule has 0 aliphatic carbocycles. The normalized spacial score (nSPS) is 11.0. The monoisotopic (exact) mass is 337 g/mol. The van der Waals surface area contributed by atoms with E-state index in [1.807, 2.05) is 32.2 Å². The number of rotatable bonds is 7. The number of nitrogens with one attached hydrogen (secondary N) is 3. The van der Waals surface area contributed by atoms with Gasteiger partial charge < -0.3 is 15.6 Å². The first-order chi connectivity index (χ1) is 12.1. The Balaban J connectivity index is 1.53. The van der Waals surface area contributed by atoms with Gasteiger partial charge in [-0.2, -0.15) is 0 Å². The molecule has 1 amide bonds. The number of carbonyl (C=O) groups excluding carboxylic acids is 1. The van der Waals surface area contributed by atoms with Gasteiger partial charge in [0, 0.05) is 30.2 Å². The van der Waals surface area contributed by atoms with Gasteiger partial charge in [0.1, 0.15) is 5.82 Å². The molecule has 0 fully saturated rings. The molecular weight excluding hydrogens is 314 g/mol.